The van der Waals surface area contributed by atoms with E-state index in [0.29, 0.717) is 0 Å². The number of imide groups is 1. The molecule has 5 nitrogen and oxygen atoms in total. The Morgan fingerprint density at radius 2 is 1.81 bits per heavy atom. The van der Waals surface area contributed by atoms with Gasteiger partial charge in [0.25, 0.3) is 0 Å². The predicted octanol–water partition coefficient (Wildman–Crippen LogP) is 1.66. The van der Waals surface area contributed by atoms with E-state index in [9.17, 15) is 14.7 Å². The van der Waals surface area contributed by atoms with Gasteiger partial charge >= 0.3 is 0 Å². The maximum atomic E-state index is 11.5. The van der Waals surface area contributed by atoms with Gasteiger partial charge in [0.05, 0.1) is 25.4 Å². The zero-order valence-corrected chi connectivity index (χ0v) is 12.2. The Bertz CT molecular complexity index is 472. The number of carbonyl (C=O) groups is 2. The van der Waals surface area contributed by atoms with E-state index in [-0.39, 0.29) is 43.9 Å². The Hall–Kier alpha value is -1.72. The first-order chi connectivity index (χ1) is 10.1. The van der Waals surface area contributed by atoms with E-state index < -0.39 is 6.10 Å². The fourth-order valence-electron chi connectivity index (χ4n) is 2.43. The first-order valence-corrected chi connectivity index (χ1v) is 7.29. The number of amides is 2. The molecular formula is C16H21NO4. The van der Waals surface area contributed by atoms with E-state index in [0.717, 1.165) is 16.9 Å². The van der Waals surface area contributed by atoms with Gasteiger partial charge in [0.2, 0.25) is 11.8 Å². The molecule has 0 aromatic heterocycles. The molecule has 1 aliphatic heterocycles. The lowest BCUT2D eigenvalue weighted by Crippen LogP contribution is -2.38. The molecule has 1 aliphatic rings. The van der Waals surface area contributed by atoms with Crippen LogP contribution in [0.5, 0.6) is 0 Å². The summed E-state index contributed by atoms with van der Waals surface area (Å²) in [5, 5.41) is 9.97. The largest absolute Gasteiger partial charge is 0.389 e. The molecule has 1 fully saturated rings. The minimum atomic E-state index is -0.853. The standard InChI is InChI=1S/C16H21NO4/c1-2-14(12-6-4-3-5-7-12)21-11-13(18)10-17-15(19)8-9-16(17)20/h3-7,13-14,18H,2,8-11H2,1H3. The van der Waals surface area contributed by atoms with Gasteiger partial charge in [-0.3, -0.25) is 14.5 Å². The molecule has 1 N–H and O–H groups in total. The first-order valence-electron chi connectivity index (χ1n) is 7.29. The molecule has 2 atom stereocenters. The maximum Gasteiger partial charge on any atom is 0.229 e. The van der Waals surface area contributed by atoms with Crippen molar-refractivity contribution in [2.75, 3.05) is 13.2 Å². The second-order valence-corrected chi connectivity index (χ2v) is 5.19. The predicted molar refractivity (Wildman–Crippen MR) is 77.4 cm³/mol. The van der Waals surface area contributed by atoms with Gasteiger partial charge in [-0.1, -0.05) is 37.3 Å². The van der Waals surface area contributed by atoms with Crippen molar-refractivity contribution in [2.24, 2.45) is 0 Å². The van der Waals surface area contributed by atoms with Crippen LogP contribution < -0.4 is 0 Å². The van der Waals surface area contributed by atoms with Gasteiger partial charge in [-0.25, -0.2) is 0 Å². The molecule has 2 rings (SSSR count). The van der Waals surface area contributed by atoms with Crippen LogP contribution in [0.25, 0.3) is 0 Å². The third-order valence-corrected chi connectivity index (χ3v) is 3.58. The molecule has 1 aromatic carbocycles. The number of rotatable bonds is 7. The van der Waals surface area contributed by atoms with Crippen molar-refractivity contribution in [3.8, 4) is 0 Å². The monoisotopic (exact) mass is 291 g/mol. The van der Waals surface area contributed by atoms with Crippen molar-refractivity contribution in [3.63, 3.8) is 0 Å². The van der Waals surface area contributed by atoms with Crippen LogP contribution in [0.4, 0.5) is 0 Å². The van der Waals surface area contributed by atoms with Crippen molar-refractivity contribution in [1.29, 1.82) is 0 Å². The van der Waals surface area contributed by atoms with Crippen LogP contribution in [0.2, 0.25) is 0 Å². The third-order valence-electron chi connectivity index (χ3n) is 3.58. The van der Waals surface area contributed by atoms with E-state index in [4.69, 9.17) is 4.74 Å². The number of likely N-dealkylation sites (tertiary alicyclic amines) is 1. The number of aliphatic hydroxyl groups excluding tert-OH is 1. The third kappa shape index (κ3) is 4.12. The Kier molecular flexibility index (Phi) is 5.47. The fraction of sp³-hybridized carbons (Fsp3) is 0.500. The van der Waals surface area contributed by atoms with Crippen LogP contribution in [-0.2, 0) is 14.3 Å². The molecule has 2 amide bonds. The number of hydrogen-bond donors (Lipinski definition) is 1. The molecule has 1 heterocycles. The molecule has 1 saturated heterocycles. The zero-order chi connectivity index (χ0) is 15.2. The average molecular weight is 291 g/mol. The summed E-state index contributed by atoms with van der Waals surface area (Å²) in [4.78, 5) is 24.1. The summed E-state index contributed by atoms with van der Waals surface area (Å²) in [7, 11) is 0. The number of ether oxygens (including phenoxy) is 1. The molecule has 5 heteroatoms. The molecule has 1 aromatic rings. The Morgan fingerprint density at radius 3 is 2.38 bits per heavy atom. The minimum absolute atomic E-state index is 0.0168. The number of aliphatic hydroxyl groups is 1. The Labute approximate surface area is 124 Å². The minimum Gasteiger partial charge on any atom is -0.389 e. The Morgan fingerprint density at radius 1 is 1.19 bits per heavy atom. The summed E-state index contributed by atoms with van der Waals surface area (Å²) < 4.78 is 5.72. The summed E-state index contributed by atoms with van der Waals surface area (Å²) >= 11 is 0. The van der Waals surface area contributed by atoms with Crippen LogP contribution >= 0.6 is 0 Å². The molecule has 114 valence electrons. The van der Waals surface area contributed by atoms with Gasteiger partial charge in [-0.15, -0.1) is 0 Å². The van der Waals surface area contributed by atoms with E-state index in [1.165, 1.54) is 0 Å². The van der Waals surface area contributed by atoms with Gasteiger partial charge in [-0.2, -0.15) is 0 Å². The quantitative estimate of drug-likeness (QED) is 0.776. The number of β-amino-alcohol motifs (C(OH)–C–C–N with tert-alkyl or cyclic N) is 1. The van der Waals surface area contributed by atoms with Crippen LogP contribution in [-0.4, -0.2) is 41.1 Å². The highest BCUT2D eigenvalue weighted by Crippen LogP contribution is 2.21. The average Bonchev–Trinajstić information content (AvgIpc) is 2.81. The summed E-state index contributed by atoms with van der Waals surface area (Å²) in [5.41, 5.74) is 1.06. The maximum absolute atomic E-state index is 11.5. The van der Waals surface area contributed by atoms with Crippen LogP contribution in [0, 0.1) is 0 Å². The van der Waals surface area contributed by atoms with Crippen molar-refractivity contribution in [2.45, 2.75) is 38.4 Å². The summed E-state index contributed by atoms with van der Waals surface area (Å²) in [6, 6.07) is 9.79. The molecule has 0 saturated carbocycles. The van der Waals surface area contributed by atoms with Crippen LogP contribution in [0.3, 0.4) is 0 Å². The zero-order valence-electron chi connectivity index (χ0n) is 12.2. The Balaban J connectivity index is 1.84. The SMILES string of the molecule is CCC(OCC(O)CN1C(=O)CCC1=O)c1ccccc1. The van der Waals surface area contributed by atoms with Crippen LogP contribution in [0.15, 0.2) is 30.3 Å². The summed E-state index contributed by atoms with van der Waals surface area (Å²) in [6.45, 7) is 2.13. The van der Waals surface area contributed by atoms with Gasteiger partial charge in [-0.05, 0) is 12.0 Å². The number of nitrogens with zero attached hydrogens (tertiary/aromatic N) is 1. The van der Waals surface area contributed by atoms with Crippen molar-refractivity contribution in [3.05, 3.63) is 35.9 Å². The van der Waals surface area contributed by atoms with Gasteiger partial charge < -0.3 is 9.84 Å². The van der Waals surface area contributed by atoms with Gasteiger partial charge in [0, 0.05) is 12.8 Å². The van der Waals surface area contributed by atoms with E-state index in [1.54, 1.807) is 0 Å². The number of carbonyl (C=O) groups excluding carboxylic acids is 2. The highest BCUT2D eigenvalue weighted by molar-refractivity contribution is 6.01. The molecule has 0 bridgehead atoms. The summed E-state index contributed by atoms with van der Waals surface area (Å²) in [5.74, 6) is -0.427. The molecule has 21 heavy (non-hydrogen) atoms. The lowest BCUT2D eigenvalue weighted by Gasteiger charge is -2.22. The van der Waals surface area contributed by atoms with E-state index in [1.807, 2.05) is 37.3 Å². The van der Waals surface area contributed by atoms with Crippen LogP contribution in [0.1, 0.15) is 37.9 Å². The van der Waals surface area contributed by atoms with E-state index >= 15 is 0 Å². The van der Waals surface area contributed by atoms with Gasteiger partial charge in [0.15, 0.2) is 0 Å². The van der Waals surface area contributed by atoms with Gasteiger partial charge in [0.1, 0.15) is 0 Å². The molecule has 0 aliphatic carbocycles. The van der Waals surface area contributed by atoms with E-state index in [2.05, 4.69) is 0 Å². The lowest BCUT2D eigenvalue weighted by atomic mass is 10.1. The molecule has 0 spiro atoms. The highest BCUT2D eigenvalue weighted by Gasteiger charge is 2.30. The van der Waals surface area contributed by atoms with Crippen molar-refractivity contribution in [1.82, 2.24) is 4.90 Å². The second-order valence-electron chi connectivity index (χ2n) is 5.19. The normalized spacial score (nSPS) is 18.1. The first kappa shape index (κ1) is 15.7. The molecule has 2 unspecified atom stereocenters. The van der Waals surface area contributed by atoms with Crippen molar-refractivity contribution >= 4 is 11.8 Å². The number of benzene rings is 1. The smallest absolute Gasteiger partial charge is 0.229 e. The second kappa shape index (κ2) is 7.33. The highest BCUT2D eigenvalue weighted by atomic mass is 16.5. The fourth-order valence-corrected chi connectivity index (χ4v) is 2.43. The molecule has 0 radical (unpaired) electrons. The number of hydrogen-bond acceptors (Lipinski definition) is 4. The van der Waals surface area contributed by atoms with Crippen molar-refractivity contribution < 1.29 is 19.4 Å². The lowest BCUT2D eigenvalue weighted by molar-refractivity contribution is -0.140. The molecular weight excluding hydrogens is 270 g/mol. The topological polar surface area (TPSA) is 66.8 Å². The summed E-state index contributed by atoms with van der Waals surface area (Å²) in [6.07, 6.45) is 0.333.